The van der Waals surface area contributed by atoms with Gasteiger partial charge in [-0.05, 0) is 18.4 Å². The van der Waals surface area contributed by atoms with Crippen LogP contribution in [0.15, 0.2) is 30.3 Å². The largest absolute Gasteiger partial charge is 0.378 e. The van der Waals surface area contributed by atoms with Gasteiger partial charge in [0.2, 0.25) is 0 Å². The summed E-state index contributed by atoms with van der Waals surface area (Å²) in [5.41, 5.74) is 0.638. The third-order valence-electron chi connectivity index (χ3n) is 4.94. The van der Waals surface area contributed by atoms with Crippen LogP contribution in [-0.2, 0) is 14.9 Å². The van der Waals surface area contributed by atoms with Crippen molar-refractivity contribution in [1.29, 1.82) is 5.26 Å². The van der Waals surface area contributed by atoms with E-state index in [0.717, 1.165) is 38.0 Å². The van der Waals surface area contributed by atoms with Crippen molar-refractivity contribution in [1.82, 2.24) is 5.32 Å². The topological polar surface area (TPSA) is 54.3 Å². The van der Waals surface area contributed by atoms with E-state index in [0.29, 0.717) is 12.6 Å². The average molecular weight is 286 g/mol. The second-order valence-electron chi connectivity index (χ2n) is 6.24. The fraction of sp³-hybridized carbons (Fsp3) is 0.588. The van der Waals surface area contributed by atoms with Crippen molar-refractivity contribution in [2.45, 2.75) is 36.3 Å². The van der Waals surface area contributed by atoms with Gasteiger partial charge in [-0.2, -0.15) is 5.26 Å². The molecule has 1 aromatic rings. The number of benzene rings is 1. The van der Waals surface area contributed by atoms with Gasteiger partial charge < -0.3 is 14.8 Å². The summed E-state index contributed by atoms with van der Waals surface area (Å²) in [5.74, 6) is 0. The van der Waals surface area contributed by atoms with Gasteiger partial charge in [0.15, 0.2) is 0 Å². The molecular formula is C17H22N2O2. The minimum atomic E-state index is -0.314. The summed E-state index contributed by atoms with van der Waals surface area (Å²) in [6.45, 7) is 2.22. The van der Waals surface area contributed by atoms with E-state index in [1.54, 1.807) is 7.11 Å². The van der Waals surface area contributed by atoms with Gasteiger partial charge in [-0.25, -0.2) is 0 Å². The van der Waals surface area contributed by atoms with E-state index in [4.69, 9.17) is 9.47 Å². The predicted molar refractivity (Wildman–Crippen MR) is 79.9 cm³/mol. The predicted octanol–water partition coefficient (Wildman–Crippen LogP) is 2.01. The number of rotatable bonds is 5. The summed E-state index contributed by atoms with van der Waals surface area (Å²) in [7, 11) is 1.75. The Labute approximate surface area is 126 Å². The van der Waals surface area contributed by atoms with Crippen molar-refractivity contribution in [3.8, 4) is 6.07 Å². The van der Waals surface area contributed by atoms with Crippen molar-refractivity contribution < 1.29 is 9.47 Å². The SMILES string of the molecule is COC1(CNC2CC(C#N)(c3ccccc3)C2)CCOC1. The van der Waals surface area contributed by atoms with Crippen molar-refractivity contribution in [2.75, 3.05) is 26.9 Å². The number of nitrogens with zero attached hydrogens (tertiary/aromatic N) is 1. The fourth-order valence-corrected chi connectivity index (χ4v) is 3.37. The van der Waals surface area contributed by atoms with Gasteiger partial charge in [0.25, 0.3) is 0 Å². The zero-order valence-electron chi connectivity index (χ0n) is 12.5. The van der Waals surface area contributed by atoms with Crippen molar-refractivity contribution in [3.63, 3.8) is 0 Å². The standard InChI is InChI=1S/C17H22N2O2/c1-20-17(7-8-21-13-17)12-19-15-9-16(10-15,11-18)14-5-3-2-4-6-14/h2-6,15,19H,7-10,12-13H2,1H3. The Morgan fingerprint density at radius 3 is 2.71 bits per heavy atom. The highest BCUT2D eigenvalue weighted by atomic mass is 16.5. The zero-order valence-corrected chi connectivity index (χ0v) is 12.5. The molecule has 1 unspecified atom stereocenters. The first-order valence-electron chi connectivity index (χ1n) is 7.55. The average Bonchev–Trinajstić information content (AvgIpc) is 2.97. The highest BCUT2D eigenvalue weighted by molar-refractivity contribution is 5.36. The lowest BCUT2D eigenvalue weighted by Gasteiger charge is -2.44. The monoisotopic (exact) mass is 286 g/mol. The number of hydrogen-bond acceptors (Lipinski definition) is 4. The summed E-state index contributed by atoms with van der Waals surface area (Å²) < 4.78 is 11.1. The molecule has 0 radical (unpaired) electrons. The number of hydrogen-bond donors (Lipinski definition) is 1. The first-order valence-corrected chi connectivity index (χ1v) is 7.55. The molecule has 3 rings (SSSR count). The van der Waals surface area contributed by atoms with Crippen LogP contribution >= 0.6 is 0 Å². The number of methoxy groups -OCH3 is 1. The lowest BCUT2D eigenvalue weighted by atomic mass is 9.62. The van der Waals surface area contributed by atoms with Crippen LogP contribution in [0, 0.1) is 11.3 Å². The molecule has 4 heteroatoms. The molecule has 2 aliphatic rings. The molecule has 21 heavy (non-hydrogen) atoms. The Kier molecular flexibility index (Phi) is 3.99. The quantitative estimate of drug-likeness (QED) is 0.899. The molecule has 1 N–H and O–H groups in total. The number of nitrogens with one attached hydrogen (secondary N) is 1. The normalized spacial score (nSPS) is 35.1. The molecule has 1 aromatic carbocycles. The highest BCUT2D eigenvalue weighted by Gasteiger charge is 2.47. The van der Waals surface area contributed by atoms with Crippen LogP contribution in [-0.4, -0.2) is 38.5 Å². The van der Waals surface area contributed by atoms with E-state index in [2.05, 4.69) is 23.5 Å². The van der Waals surface area contributed by atoms with Crippen LogP contribution in [0.4, 0.5) is 0 Å². The summed E-state index contributed by atoms with van der Waals surface area (Å²) >= 11 is 0. The highest BCUT2D eigenvalue weighted by Crippen LogP contribution is 2.43. The van der Waals surface area contributed by atoms with Crippen LogP contribution in [0.2, 0.25) is 0 Å². The van der Waals surface area contributed by atoms with Crippen molar-refractivity contribution in [2.24, 2.45) is 0 Å². The first-order chi connectivity index (χ1) is 10.2. The molecule has 1 saturated carbocycles. The Hall–Kier alpha value is -1.41. The van der Waals surface area contributed by atoms with Crippen LogP contribution in [0.3, 0.4) is 0 Å². The summed E-state index contributed by atoms with van der Waals surface area (Å²) in [5, 5.41) is 13.1. The van der Waals surface area contributed by atoms with Gasteiger partial charge in [-0.1, -0.05) is 30.3 Å². The smallest absolute Gasteiger partial charge is 0.106 e. The summed E-state index contributed by atoms with van der Waals surface area (Å²) in [6, 6.07) is 13.0. The van der Waals surface area contributed by atoms with Crippen molar-refractivity contribution in [3.05, 3.63) is 35.9 Å². The molecule has 1 heterocycles. The molecule has 2 fully saturated rings. The van der Waals surface area contributed by atoms with Crippen LogP contribution in [0.25, 0.3) is 0 Å². The van der Waals surface area contributed by atoms with Gasteiger partial charge in [0.1, 0.15) is 5.60 Å². The summed E-state index contributed by atoms with van der Waals surface area (Å²) in [6.07, 6.45) is 2.67. The molecule has 0 amide bonds. The van der Waals surface area contributed by atoms with Crippen molar-refractivity contribution >= 4 is 0 Å². The second kappa shape index (κ2) is 5.76. The van der Waals surface area contributed by atoms with E-state index >= 15 is 0 Å². The van der Waals surface area contributed by atoms with Gasteiger partial charge in [0.05, 0.1) is 18.1 Å². The summed E-state index contributed by atoms with van der Waals surface area (Å²) in [4.78, 5) is 0. The van der Waals surface area contributed by atoms with E-state index in [1.807, 2.05) is 18.2 Å². The van der Waals surface area contributed by atoms with Crippen LogP contribution in [0.1, 0.15) is 24.8 Å². The molecule has 1 aliphatic heterocycles. The maximum absolute atomic E-state index is 9.56. The van der Waals surface area contributed by atoms with Gasteiger partial charge >= 0.3 is 0 Å². The number of nitriles is 1. The molecule has 4 nitrogen and oxygen atoms in total. The molecular weight excluding hydrogens is 264 g/mol. The Balaban J connectivity index is 1.57. The third-order valence-corrected chi connectivity index (χ3v) is 4.94. The molecule has 112 valence electrons. The first kappa shape index (κ1) is 14.5. The Morgan fingerprint density at radius 1 is 1.38 bits per heavy atom. The minimum absolute atomic E-state index is 0.183. The molecule has 0 aromatic heterocycles. The lowest BCUT2D eigenvalue weighted by Crippen LogP contribution is -2.55. The van der Waals surface area contributed by atoms with E-state index in [9.17, 15) is 5.26 Å². The van der Waals surface area contributed by atoms with Crippen LogP contribution in [0.5, 0.6) is 0 Å². The van der Waals surface area contributed by atoms with E-state index in [-0.39, 0.29) is 11.0 Å². The molecule has 1 atom stereocenters. The fourth-order valence-electron chi connectivity index (χ4n) is 3.37. The van der Waals surface area contributed by atoms with E-state index < -0.39 is 0 Å². The van der Waals surface area contributed by atoms with Crippen LogP contribution < -0.4 is 5.32 Å². The van der Waals surface area contributed by atoms with E-state index in [1.165, 1.54) is 0 Å². The molecule has 1 saturated heterocycles. The zero-order chi connectivity index (χ0) is 14.8. The second-order valence-corrected chi connectivity index (χ2v) is 6.24. The minimum Gasteiger partial charge on any atom is -0.378 e. The van der Waals surface area contributed by atoms with Gasteiger partial charge in [-0.3, -0.25) is 0 Å². The molecule has 0 bridgehead atoms. The Bertz CT molecular complexity index is 511. The Morgan fingerprint density at radius 2 is 2.14 bits per heavy atom. The van der Waals surface area contributed by atoms with Gasteiger partial charge in [0, 0.05) is 32.7 Å². The maximum Gasteiger partial charge on any atom is 0.106 e. The number of ether oxygens (including phenoxy) is 2. The third kappa shape index (κ3) is 2.69. The maximum atomic E-state index is 9.56. The molecule has 0 spiro atoms. The van der Waals surface area contributed by atoms with Gasteiger partial charge in [-0.15, -0.1) is 0 Å². The lowest BCUT2D eigenvalue weighted by molar-refractivity contribution is -0.0206. The molecule has 1 aliphatic carbocycles.